The van der Waals surface area contributed by atoms with Crippen molar-refractivity contribution in [1.29, 1.82) is 0 Å². The van der Waals surface area contributed by atoms with Crippen LogP contribution in [0.15, 0.2) is 60.9 Å². The van der Waals surface area contributed by atoms with Crippen LogP contribution in [0.1, 0.15) is 38.2 Å². The van der Waals surface area contributed by atoms with Crippen LogP contribution in [0.25, 0.3) is 0 Å². The number of rotatable bonds is 25. The van der Waals surface area contributed by atoms with E-state index in [9.17, 15) is 43.8 Å². The predicted molar refractivity (Wildman–Crippen MR) is 189 cm³/mol. The second kappa shape index (κ2) is 23.6. The summed E-state index contributed by atoms with van der Waals surface area (Å²) in [5, 5.41) is 34.0. The van der Waals surface area contributed by atoms with E-state index < -0.39 is 78.8 Å². The number of nitrogens with one attached hydrogen (secondary N) is 6. The Balaban J connectivity index is 2.85. The average Bonchev–Trinajstić information content (AvgIpc) is 3.10. The molecule has 5 atom stereocenters. The van der Waals surface area contributed by atoms with E-state index in [2.05, 4.69) is 45.1 Å². The van der Waals surface area contributed by atoms with Crippen molar-refractivity contribution in [1.82, 2.24) is 31.9 Å². The average molecular weight is 731 g/mol. The topological polar surface area (TPSA) is 293 Å². The molecule has 52 heavy (non-hydrogen) atoms. The largest absolute Gasteiger partial charge is 0.508 e. The van der Waals surface area contributed by atoms with Gasteiger partial charge in [-0.2, -0.15) is 0 Å². The van der Waals surface area contributed by atoms with Gasteiger partial charge in [0, 0.05) is 12.8 Å². The molecule has 3 unspecified atom stereocenters. The van der Waals surface area contributed by atoms with Gasteiger partial charge < -0.3 is 58.3 Å². The Hall–Kier alpha value is -5.75. The number of aliphatic hydroxyl groups is 1. The lowest BCUT2D eigenvalue weighted by Gasteiger charge is -2.25. The molecule has 0 bridgehead atoms. The Kier molecular flexibility index (Phi) is 20.1. The first kappa shape index (κ1) is 44.3. The molecule has 18 heteroatoms. The minimum Gasteiger partial charge on any atom is -0.508 e. The highest BCUT2D eigenvalue weighted by Crippen LogP contribution is 2.12. The molecule has 0 aliphatic carbocycles. The van der Waals surface area contributed by atoms with E-state index in [1.165, 1.54) is 32.2 Å². The number of primary amides is 1. The number of hydrogen-bond acceptors (Lipinski definition) is 11. The smallest absolute Gasteiger partial charge is 0.245 e. The molecule has 1 rings (SSSR count). The number of ether oxygens (including phenoxy) is 1. The Labute approximate surface area is 301 Å². The minimum absolute atomic E-state index is 0.000204. The predicted octanol–water partition coefficient (Wildman–Crippen LogP) is -2.61. The van der Waals surface area contributed by atoms with Gasteiger partial charge in [0.2, 0.25) is 41.9 Å². The van der Waals surface area contributed by atoms with Crippen molar-refractivity contribution >= 4 is 41.9 Å². The van der Waals surface area contributed by atoms with Crippen LogP contribution in [-0.4, -0.2) is 109 Å². The summed E-state index contributed by atoms with van der Waals surface area (Å²) < 4.78 is 4.93. The van der Waals surface area contributed by atoms with Gasteiger partial charge in [0.05, 0.1) is 26.3 Å². The van der Waals surface area contributed by atoms with Crippen molar-refractivity contribution in [2.45, 2.75) is 69.3 Å². The number of hydrogen-bond donors (Lipinski definition) is 10. The van der Waals surface area contributed by atoms with Gasteiger partial charge in [-0.25, -0.2) is 0 Å². The molecule has 0 fully saturated rings. The van der Waals surface area contributed by atoms with Gasteiger partial charge in [0.25, 0.3) is 0 Å². The van der Waals surface area contributed by atoms with E-state index in [1.807, 2.05) is 0 Å². The van der Waals surface area contributed by atoms with Crippen molar-refractivity contribution in [2.75, 3.05) is 26.7 Å². The SMILES string of the molecule is C=C(/C=C\C(=C)OC)C[C@H](NC=O)C(=O)NCC(=O)NC(CCCCN)C(=O)NC(C(=O)NCC(=O)NC(Cc1ccc(O)cc1)C(N)=O)[C@H](C)O. The monoisotopic (exact) mass is 730 g/mol. The second-order valence-corrected chi connectivity index (χ2v) is 11.7. The van der Waals surface area contributed by atoms with Crippen LogP contribution in [-0.2, 0) is 44.7 Å². The zero-order chi connectivity index (χ0) is 39.2. The Bertz CT molecular complexity index is 1450. The molecule has 286 valence electrons. The molecular weight excluding hydrogens is 680 g/mol. The zero-order valence-corrected chi connectivity index (χ0v) is 29.3. The fourth-order valence-corrected chi connectivity index (χ4v) is 4.49. The van der Waals surface area contributed by atoms with E-state index >= 15 is 0 Å². The summed E-state index contributed by atoms with van der Waals surface area (Å²) in [6, 6.07) is 0.902. The number of methoxy groups -OCH3 is 1. The molecule has 0 saturated heterocycles. The summed E-state index contributed by atoms with van der Waals surface area (Å²) in [6.07, 6.45) is 2.94. The zero-order valence-electron chi connectivity index (χ0n) is 29.3. The number of carbonyl (C=O) groups is 7. The van der Waals surface area contributed by atoms with Gasteiger partial charge in [0.15, 0.2) is 0 Å². The van der Waals surface area contributed by atoms with E-state index in [-0.39, 0.29) is 25.0 Å². The molecular formula is C34H50N8O10. The first-order chi connectivity index (χ1) is 24.6. The van der Waals surface area contributed by atoms with Crippen LogP contribution in [0.5, 0.6) is 5.75 Å². The molecule has 18 nitrogen and oxygen atoms in total. The molecule has 0 heterocycles. The lowest BCUT2D eigenvalue weighted by molar-refractivity contribution is -0.135. The number of phenolic OH excluding ortho intramolecular Hbond substituents is 1. The molecule has 0 spiro atoms. The standard InChI is InChI=1S/C34H50N8O10/c1-20(8-9-21(2)52-4)15-27(39-19-43)32(49)37-17-28(46)40-25(7-5-6-14-35)33(50)42-30(22(3)44)34(51)38-18-29(47)41-26(31(36)48)16-23-10-12-24(45)13-11-23/h8-13,19,22,25-27,30,44-45H,1-2,5-7,14-18,35H2,3-4H3,(H2,36,48)(H,37,49)(H,38,51)(H,39,43)(H,40,46)(H,41,47)(H,42,50)/b9-8-/t22-,25?,26?,27-,30?/m0/s1. The first-order valence-electron chi connectivity index (χ1n) is 16.3. The van der Waals surface area contributed by atoms with Crippen LogP contribution in [0.4, 0.5) is 0 Å². The number of phenols is 1. The van der Waals surface area contributed by atoms with Gasteiger partial charge in [-0.15, -0.1) is 0 Å². The highest BCUT2D eigenvalue weighted by molar-refractivity contribution is 5.95. The van der Waals surface area contributed by atoms with Gasteiger partial charge in [0.1, 0.15) is 35.7 Å². The quantitative estimate of drug-likeness (QED) is 0.0215. The number of aliphatic hydroxyl groups excluding tert-OH is 1. The van der Waals surface area contributed by atoms with Crippen LogP contribution < -0.4 is 43.4 Å². The van der Waals surface area contributed by atoms with Crippen molar-refractivity contribution in [3.05, 3.63) is 66.5 Å². The first-order valence-corrected chi connectivity index (χ1v) is 16.3. The third-order valence-electron chi connectivity index (χ3n) is 7.38. The Morgan fingerprint density at radius 3 is 2.00 bits per heavy atom. The van der Waals surface area contributed by atoms with Gasteiger partial charge in [-0.3, -0.25) is 33.6 Å². The molecule has 1 aromatic rings. The fraction of sp³-hybridized carbons (Fsp3) is 0.441. The molecule has 1 aromatic carbocycles. The summed E-state index contributed by atoms with van der Waals surface area (Å²) in [6.45, 7) is 7.76. The van der Waals surface area contributed by atoms with Crippen LogP contribution in [0, 0.1) is 0 Å². The summed E-state index contributed by atoms with van der Waals surface area (Å²) in [5.41, 5.74) is 12.0. The molecule has 0 aromatic heterocycles. The van der Waals surface area contributed by atoms with Crippen LogP contribution >= 0.6 is 0 Å². The number of allylic oxidation sites excluding steroid dienone is 2. The Morgan fingerprint density at radius 1 is 0.865 bits per heavy atom. The van der Waals surface area contributed by atoms with Crippen LogP contribution in [0.3, 0.4) is 0 Å². The van der Waals surface area contributed by atoms with Crippen molar-refractivity contribution in [3.8, 4) is 5.75 Å². The van der Waals surface area contributed by atoms with Gasteiger partial charge in [-0.05, 0) is 56.5 Å². The molecule has 0 radical (unpaired) electrons. The number of aromatic hydroxyl groups is 1. The summed E-state index contributed by atoms with van der Waals surface area (Å²) in [4.78, 5) is 87.4. The molecule has 12 N–H and O–H groups in total. The maximum absolute atomic E-state index is 13.3. The minimum atomic E-state index is -1.56. The third-order valence-corrected chi connectivity index (χ3v) is 7.38. The highest BCUT2D eigenvalue weighted by Gasteiger charge is 2.30. The van der Waals surface area contributed by atoms with Gasteiger partial charge >= 0.3 is 0 Å². The number of carbonyl (C=O) groups excluding carboxylic acids is 7. The fourth-order valence-electron chi connectivity index (χ4n) is 4.49. The second-order valence-electron chi connectivity index (χ2n) is 11.7. The van der Waals surface area contributed by atoms with Crippen molar-refractivity contribution < 1.29 is 48.5 Å². The van der Waals surface area contributed by atoms with Crippen LogP contribution in [0.2, 0.25) is 0 Å². The number of unbranched alkanes of at least 4 members (excludes halogenated alkanes) is 1. The number of benzene rings is 1. The van der Waals surface area contributed by atoms with Crippen molar-refractivity contribution in [2.24, 2.45) is 11.5 Å². The molecule has 0 aliphatic heterocycles. The van der Waals surface area contributed by atoms with Gasteiger partial charge in [-0.1, -0.05) is 36.9 Å². The van der Waals surface area contributed by atoms with E-state index in [1.54, 1.807) is 18.2 Å². The maximum atomic E-state index is 13.3. The number of nitrogens with two attached hydrogens (primary N) is 2. The van der Waals surface area contributed by atoms with Crippen molar-refractivity contribution in [3.63, 3.8) is 0 Å². The van der Waals surface area contributed by atoms with E-state index in [4.69, 9.17) is 16.2 Å². The number of amides is 7. The Morgan fingerprint density at radius 2 is 1.46 bits per heavy atom. The molecule has 0 saturated carbocycles. The maximum Gasteiger partial charge on any atom is 0.245 e. The third kappa shape index (κ3) is 17.3. The highest BCUT2D eigenvalue weighted by atomic mass is 16.5. The summed E-state index contributed by atoms with van der Waals surface area (Å²) in [5.74, 6) is -4.54. The summed E-state index contributed by atoms with van der Waals surface area (Å²) >= 11 is 0. The molecule has 7 amide bonds. The molecule has 0 aliphatic rings. The lowest BCUT2D eigenvalue weighted by atomic mass is 10.1. The normalized spacial score (nSPS) is 13.6. The van der Waals surface area contributed by atoms with E-state index in [0.717, 1.165) is 0 Å². The summed E-state index contributed by atoms with van der Waals surface area (Å²) in [7, 11) is 1.43. The van der Waals surface area contributed by atoms with E-state index in [0.29, 0.717) is 42.7 Å². The lowest BCUT2D eigenvalue weighted by Crippen LogP contribution is -2.58.